The van der Waals surface area contributed by atoms with Gasteiger partial charge < -0.3 is 10.6 Å². The van der Waals surface area contributed by atoms with Crippen molar-refractivity contribution in [2.75, 3.05) is 12.8 Å². The van der Waals surface area contributed by atoms with Gasteiger partial charge in [0.25, 0.3) is 5.91 Å². The zero-order chi connectivity index (χ0) is 13.1. The number of carbonyl (C=O) groups is 1. The van der Waals surface area contributed by atoms with Gasteiger partial charge in [-0.1, -0.05) is 11.6 Å². The highest BCUT2D eigenvalue weighted by molar-refractivity contribution is 7.16. The third-order valence-electron chi connectivity index (χ3n) is 2.30. The monoisotopic (exact) mass is 282 g/mol. The van der Waals surface area contributed by atoms with Crippen LogP contribution in [0.25, 0.3) is 0 Å². The lowest BCUT2D eigenvalue weighted by molar-refractivity contribution is 0.0781. The minimum atomic E-state index is -0.259. The third kappa shape index (κ3) is 2.77. The average Bonchev–Trinajstić information content (AvgIpc) is 2.74. The number of hydrogen-bond donors (Lipinski definition) is 1. The number of rotatable bonds is 3. The Labute approximate surface area is 113 Å². The van der Waals surface area contributed by atoms with Crippen LogP contribution in [0, 0.1) is 0 Å². The van der Waals surface area contributed by atoms with Crippen LogP contribution in [0.2, 0.25) is 4.34 Å². The summed E-state index contributed by atoms with van der Waals surface area (Å²) in [4.78, 5) is 22.4. The van der Waals surface area contributed by atoms with Crippen LogP contribution in [0.4, 0.5) is 5.82 Å². The maximum absolute atomic E-state index is 12.1. The Morgan fingerprint density at radius 2 is 2.17 bits per heavy atom. The second-order valence-electron chi connectivity index (χ2n) is 3.66. The third-order valence-corrected chi connectivity index (χ3v) is 3.51. The van der Waals surface area contributed by atoms with Crippen molar-refractivity contribution >= 4 is 34.7 Å². The molecular weight excluding hydrogens is 272 g/mol. The van der Waals surface area contributed by atoms with Gasteiger partial charge in [-0.3, -0.25) is 4.79 Å². The first kappa shape index (κ1) is 12.8. The number of aromatic nitrogens is 2. The molecule has 2 rings (SSSR count). The molecule has 0 unspecified atom stereocenters. The Kier molecular flexibility index (Phi) is 3.78. The SMILES string of the molecule is CN(Cc1ccc(Cl)s1)C(=O)c1nccnc1N. The quantitative estimate of drug-likeness (QED) is 0.935. The van der Waals surface area contributed by atoms with Gasteiger partial charge in [-0.25, -0.2) is 9.97 Å². The molecule has 2 heterocycles. The first-order chi connectivity index (χ1) is 8.58. The number of carbonyl (C=O) groups excluding carboxylic acids is 1. The van der Waals surface area contributed by atoms with E-state index in [1.165, 1.54) is 28.6 Å². The molecular formula is C11H11ClN4OS. The molecule has 1 amide bonds. The molecule has 2 aromatic rings. The van der Waals surface area contributed by atoms with Crippen molar-refractivity contribution in [1.29, 1.82) is 0 Å². The Morgan fingerprint density at radius 3 is 2.78 bits per heavy atom. The molecule has 0 aliphatic rings. The van der Waals surface area contributed by atoms with Gasteiger partial charge >= 0.3 is 0 Å². The molecule has 5 nitrogen and oxygen atoms in total. The molecule has 0 atom stereocenters. The van der Waals surface area contributed by atoms with E-state index in [2.05, 4.69) is 9.97 Å². The fourth-order valence-electron chi connectivity index (χ4n) is 1.44. The van der Waals surface area contributed by atoms with Crippen molar-refractivity contribution in [3.8, 4) is 0 Å². The molecule has 0 saturated heterocycles. The standard InChI is InChI=1S/C11H11ClN4OS/c1-16(6-7-2-3-8(12)18-7)11(17)9-10(13)15-5-4-14-9/h2-5H,6H2,1H3,(H2,13,15). The lowest BCUT2D eigenvalue weighted by Crippen LogP contribution is -2.27. The minimum Gasteiger partial charge on any atom is -0.382 e. The van der Waals surface area contributed by atoms with Crippen molar-refractivity contribution in [3.63, 3.8) is 0 Å². The summed E-state index contributed by atoms with van der Waals surface area (Å²) in [5.74, 6) is -0.122. The van der Waals surface area contributed by atoms with Crippen LogP contribution < -0.4 is 5.73 Å². The number of nitrogens with zero attached hydrogens (tertiary/aromatic N) is 3. The van der Waals surface area contributed by atoms with Crippen LogP contribution in [0.15, 0.2) is 24.5 Å². The van der Waals surface area contributed by atoms with Gasteiger partial charge in [-0.15, -0.1) is 11.3 Å². The largest absolute Gasteiger partial charge is 0.382 e. The number of halogens is 1. The molecule has 0 aliphatic carbocycles. The Balaban J connectivity index is 2.12. The van der Waals surface area contributed by atoms with Gasteiger partial charge in [0.15, 0.2) is 11.5 Å². The lowest BCUT2D eigenvalue weighted by atomic mass is 10.3. The average molecular weight is 283 g/mol. The Hall–Kier alpha value is -1.66. The van der Waals surface area contributed by atoms with E-state index in [9.17, 15) is 4.79 Å². The fraction of sp³-hybridized carbons (Fsp3) is 0.182. The summed E-state index contributed by atoms with van der Waals surface area (Å²) in [6.07, 6.45) is 2.89. The van der Waals surface area contributed by atoms with E-state index in [0.29, 0.717) is 10.9 Å². The minimum absolute atomic E-state index is 0.138. The zero-order valence-electron chi connectivity index (χ0n) is 9.63. The molecule has 0 bridgehead atoms. The fourth-order valence-corrected chi connectivity index (χ4v) is 2.58. The highest BCUT2D eigenvalue weighted by Gasteiger charge is 2.17. The van der Waals surface area contributed by atoms with Crippen LogP contribution in [-0.4, -0.2) is 27.8 Å². The van der Waals surface area contributed by atoms with E-state index in [1.807, 2.05) is 6.07 Å². The molecule has 0 aromatic carbocycles. The maximum Gasteiger partial charge on any atom is 0.276 e. The first-order valence-corrected chi connectivity index (χ1v) is 6.33. The summed E-state index contributed by atoms with van der Waals surface area (Å²) < 4.78 is 0.699. The molecule has 2 aromatic heterocycles. The predicted molar refractivity (Wildman–Crippen MR) is 71.6 cm³/mol. The van der Waals surface area contributed by atoms with Crippen molar-refractivity contribution < 1.29 is 4.79 Å². The highest BCUT2D eigenvalue weighted by Crippen LogP contribution is 2.22. The van der Waals surface area contributed by atoms with E-state index >= 15 is 0 Å². The molecule has 18 heavy (non-hydrogen) atoms. The van der Waals surface area contributed by atoms with Crippen LogP contribution in [0.5, 0.6) is 0 Å². The first-order valence-electron chi connectivity index (χ1n) is 5.14. The Bertz CT molecular complexity index is 572. The Morgan fingerprint density at radius 1 is 1.44 bits per heavy atom. The summed E-state index contributed by atoms with van der Waals surface area (Å²) in [7, 11) is 1.68. The number of hydrogen-bond acceptors (Lipinski definition) is 5. The summed E-state index contributed by atoms with van der Waals surface area (Å²) in [6, 6.07) is 3.69. The number of nitrogens with two attached hydrogens (primary N) is 1. The number of anilines is 1. The smallest absolute Gasteiger partial charge is 0.276 e. The van der Waals surface area contributed by atoms with Crippen LogP contribution in [0.3, 0.4) is 0 Å². The summed E-state index contributed by atoms with van der Waals surface area (Å²) in [5, 5.41) is 0. The maximum atomic E-state index is 12.1. The van der Waals surface area contributed by atoms with E-state index in [1.54, 1.807) is 13.1 Å². The van der Waals surface area contributed by atoms with E-state index in [-0.39, 0.29) is 17.4 Å². The van der Waals surface area contributed by atoms with Gasteiger partial charge in [-0.05, 0) is 12.1 Å². The number of nitrogen functional groups attached to an aromatic ring is 1. The second-order valence-corrected chi connectivity index (χ2v) is 5.46. The topological polar surface area (TPSA) is 72.1 Å². The van der Waals surface area contributed by atoms with E-state index in [4.69, 9.17) is 17.3 Å². The molecule has 94 valence electrons. The summed E-state index contributed by atoms with van der Waals surface area (Å²) >= 11 is 7.28. The van der Waals surface area contributed by atoms with Crippen molar-refractivity contribution in [2.45, 2.75) is 6.54 Å². The van der Waals surface area contributed by atoms with E-state index in [0.717, 1.165) is 4.88 Å². The molecule has 2 N–H and O–H groups in total. The van der Waals surface area contributed by atoms with Gasteiger partial charge in [0.1, 0.15) is 0 Å². The van der Waals surface area contributed by atoms with Crippen molar-refractivity contribution in [1.82, 2.24) is 14.9 Å². The molecule has 0 fully saturated rings. The lowest BCUT2D eigenvalue weighted by Gasteiger charge is -2.15. The van der Waals surface area contributed by atoms with E-state index < -0.39 is 0 Å². The molecule has 0 radical (unpaired) electrons. The van der Waals surface area contributed by atoms with Gasteiger partial charge in [0.05, 0.1) is 10.9 Å². The summed E-state index contributed by atoms with van der Waals surface area (Å²) in [5.41, 5.74) is 5.79. The van der Waals surface area contributed by atoms with Crippen molar-refractivity contribution in [3.05, 3.63) is 39.4 Å². The zero-order valence-corrected chi connectivity index (χ0v) is 11.2. The number of amides is 1. The van der Waals surface area contributed by atoms with Gasteiger partial charge in [-0.2, -0.15) is 0 Å². The van der Waals surface area contributed by atoms with Crippen LogP contribution >= 0.6 is 22.9 Å². The molecule has 7 heteroatoms. The number of thiophene rings is 1. The normalized spacial score (nSPS) is 10.3. The molecule has 0 saturated carbocycles. The van der Waals surface area contributed by atoms with Gasteiger partial charge in [0, 0.05) is 24.3 Å². The van der Waals surface area contributed by atoms with Crippen molar-refractivity contribution in [2.24, 2.45) is 0 Å². The second kappa shape index (κ2) is 5.32. The molecule has 0 aliphatic heterocycles. The van der Waals surface area contributed by atoms with Gasteiger partial charge in [0.2, 0.25) is 0 Å². The van der Waals surface area contributed by atoms with Crippen LogP contribution in [-0.2, 0) is 6.54 Å². The summed E-state index contributed by atoms with van der Waals surface area (Å²) in [6.45, 7) is 0.465. The predicted octanol–water partition coefficient (Wildman–Crippen LogP) is 2.05. The van der Waals surface area contributed by atoms with Crippen LogP contribution in [0.1, 0.15) is 15.4 Å². The molecule has 0 spiro atoms. The highest BCUT2D eigenvalue weighted by atomic mass is 35.5.